The molecule has 0 fully saturated rings. The molecule has 0 aliphatic heterocycles. The fraction of sp³-hybridized carbons (Fsp3) is 0.500. The maximum Gasteiger partial charge on any atom is 0.126 e. The fourth-order valence-electron chi connectivity index (χ4n) is 1.42. The lowest BCUT2D eigenvalue weighted by Gasteiger charge is -2.07. The summed E-state index contributed by atoms with van der Waals surface area (Å²) < 4.78 is 13.3. The summed E-state index contributed by atoms with van der Waals surface area (Å²) in [6.07, 6.45) is 1.68. The van der Waals surface area contributed by atoms with Gasteiger partial charge in [-0.25, -0.2) is 4.39 Å². The first-order chi connectivity index (χ1) is 7.65. The number of hydrogen-bond donors (Lipinski definition) is 1. The molecule has 1 aromatic rings. The topological polar surface area (TPSA) is 12.0 Å². The van der Waals surface area contributed by atoms with Crippen molar-refractivity contribution in [3.05, 3.63) is 34.1 Å². The number of alkyl halides is 1. The van der Waals surface area contributed by atoms with Gasteiger partial charge in [-0.2, -0.15) is 0 Å². The van der Waals surface area contributed by atoms with Crippen LogP contribution in [0.25, 0.3) is 0 Å². The van der Waals surface area contributed by atoms with Crippen molar-refractivity contribution in [2.24, 2.45) is 0 Å². The lowest BCUT2D eigenvalue weighted by Crippen LogP contribution is -2.19. The maximum atomic E-state index is 13.3. The number of aryl methyl sites for hydroxylation is 1. The van der Waals surface area contributed by atoms with Gasteiger partial charge in [0.2, 0.25) is 0 Å². The minimum absolute atomic E-state index is 0.194. The van der Waals surface area contributed by atoms with Crippen LogP contribution in [0, 0.1) is 12.7 Å². The van der Waals surface area contributed by atoms with E-state index in [2.05, 4.69) is 5.32 Å². The highest BCUT2D eigenvalue weighted by molar-refractivity contribution is 6.31. The largest absolute Gasteiger partial charge is 0.316 e. The Morgan fingerprint density at radius 1 is 1.31 bits per heavy atom. The normalized spacial score (nSPS) is 10.8. The van der Waals surface area contributed by atoms with Crippen LogP contribution in [-0.4, -0.2) is 19.0 Å². The predicted molar refractivity (Wildman–Crippen MR) is 68.1 cm³/mol. The zero-order valence-corrected chi connectivity index (χ0v) is 10.8. The van der Waals surface area contributed by atoms with Gasteiger partial charge < -0.3 is 5.32 Å². The number of hydrogen-bond acceptors (Lipinski definition) is 1. The van der Waals surface area contributed by atoms with Gasteiger partial charge in [-0.15, -0.1) is 11.6 Å². The molecular weight excluding hydrogens is 248 g/mol. The molecule has 0 aliphatic rings. The molecule has 1 aromatic carbocycles. The molecule has 0 saturated carbocycles. The highest BCUT2D eigenvalue weighted by Crippen LogP contribution is 2.20. The zero-order valence-electron chi connectivity index (χ0n) is 9.32. The molecule has 0 spiro atoms. The number of halogens is 3. The van der Waals surface area contributed by atoms with Crippen LogP contribution in [-0.2, 0) is 6.42 Å². The Kier molecular flexibility index (Phi) is 6.10. The summed E-state index contributed by atoms with van der Waals surface area (Å²) in [7, 11) is 0. The summed E-state index contributed by atoms with van der Waals surface area (Å²) in [5, 5.41) is 3.87. The van der Waals surface area contributed by atoms with E-state index < -0.39 is 0 Å². The lowest BCUT2D eigenvalue weighted by atomic mass is 10.1. The number of nitrogens with one attached hydrogen (secondary N) is 1. The van der Waals surface area contributed by atoms with Crippen molar-refractivity contribution >= 4 is 23.2 Å². The summed E-state index contributed by atoms with van der Waals surface area (Å²) in [6.45, 7) is 3.39. The van der Waals surface area contributed by atoms with Crippen molar-refractivity contribution < 1.29 is 4.39 Å². The second kappa shape index (κ2) is 7.10. The summed E-state index contributed by atoms with van der Waals surface area (Å²) in [6, 6.07) is 3.19. The average Bonchev–Trinajstić information content (AvgIpc) is 2.25. The SMILES string of the molecule is Cc1cc(Cl)c(CCNCCCCl)cc1F. The molecule has 0 aliphatic carbocycles. The standard InChI is InChI=1S/C12H16Cl2FN/c1-9-7-11(14)10(8-12(9)15)3-6-16-5-2-4-13/h7-8,16H,2-6H2,1H3. The molecule has 0 saturated heterocycles. The van der Waals surface area contributed by atoms with Crippen LogP contribution in [0.4, 0.5) is 4.39 Å². The van der Waals surface area contributed by atoms with Gasteiger partial charge in [-0.1, -0.05) is 11.6 Å². The molecule has 0 radical (unpaired) electrons. The third-order valence-electron chi connectivity index (χ3n) is 2.39. The third kappa shape index (κ3) is 4.28. The molecule has 0 amide bonds. The first-order valence-corrected chi connectivity index (χ1v) is 6.27. The molecular formula is C12H16Cl2FN. The monoisotopic (exact) mass is 263 g/mol. The Morgan fingerprint density at radius 3 is 2.75 bits per heavy atom. The van der Waals surface area contributed by atoms with E-state index in [1.54, 1.807) is 13.0 Å². The van der Waals surface area contributed by atoms with E-state index >= 15 is 0 Å². The van der Waals surface area contributed by atoms with Gasteiger partial charge >= 0.3 is 0 Å². The van der Waals surface area contributed by atoms with Crippen LogP contribution in [0.3, 0.4) is 0 Å². The zero-order chi connectivity index (χ0) is 12.0. The fourth-order valence-corrected chi connectivity index (χ4v) is 1.87. The van der Waals surface area contributed by atoms with Crippen LogP contribution in [0.2, 0.25) is 5.02 Å². The van der Waals surface area contributed by atoms with Crippen LogP contribution in [0.1, 0.15) is 17.5 Å². The molecule has 0 bridgehead atoms. The summed E-state index contributed by atoms with van der Waals surface area (Å²) in [4.78, 5) is 0. The second-order valence-electron chi connectivity index (χ2n) is 3.74. The first kappa shape index (κ1) is 13.8. The van der Waals surface area contributed by atoms with E-state index in [0.29, 0.717) is 16.5 Å². The van der Waals surface area contributed by atoms with Crippen LogP contribution in [0.5, 0.6) is 0 Å². The predicted octanol–water partition coefficient (Wildman–Crippen LogP) is 3.55. The van der Waals surface area contributed by atoms with E-state index in [9.17, 15) is 4.39 Å². The Labute approximate surface area is 106 Å². The number of benzene rings is 1. The minimum Gasteiger partial charge on any atom is -0.316 e. The molecule has 1 N–H and O–H groups in total. The van der Waals surface area contributed by atoms with E-state index in [-0.39, 0.29) is 5.82 Å². The minimum atomic E-state index is -0.194. The lowest BCUT2D eigenvalue weighted by molar-refractivity contribution is 0.613. The molecule has 1 rings (SSSR count). The Morgan fingerprint density at radius 2 is 2.06 bits per heavy atom. The van der Waals surface area contributed by atoms with Crippen LogP contribution >= 0.6 is 23.2 Å². The van der Waals surface area contributed by atoms with Gasteiger partial charge in [0.1, 0.15) is 5.82 Å². The van der Waals surface area contributed by atoms with E-state index in [1.807, 2.05) is 0 Å². The number of rotatable bonds is 6. The molecule has 0 heterocycles. The van der Waals surface area contributed by atoms with Crippen LogP contribution < -0.4 is 5.32 Å². The Hall–Kier alpha value is -0.310. The second-order valence-corrected chi connectivity index (χ2v) is 4.52. The van der Waals surface area contributed by atoms with Crippen molar-refractivity contribution in [3.63, 3.8) is 0 Å². The summed E-state index contributed by atoms with van der Waals surface area (Å²) in [5.41, 5.74) is 1.44. The van der Waals surface area contributed by atoms with Gasteiger partial charge in [-0.05, 0) is 56.1 Å². The summed E-state index contributed by atoms with van der Waals surface area (Å²) >= 11 is 11.6. The van der Waals surface area contributed by atoms with Crippen molar-refractivity contribution in [1.29, 1.82) is 0 Å². The van der Waals surface area contributed by atoms with Gasteiger partial charge in [0.25, 0.3) is 0 Å². The van der Waals surface area contributed by atoms with Gasteiger partial charge in [0.15, 0.2) is 0 Å². The van der Waals surface area contributed by atoms with Crippen molar-refractivity contribution in [1.82, 2.24) is 5.32 Å². The Bertz CT molecular complexity index is 342. The van der Waals surface area contributed by atoms with E-state index in [0.717, 1.165) is 31.5 Å². The highest BCUT2D eigenvalue weighted by Gasteiger charge is 2.05. The van der Waals surface area contributed by atoms with E-state index in [1.165, 1.54) is 6.07 Å². The van der Waals surface area contributed by atoms with Gasteiger partial charge in [0, 0.05) is 10.9 Å². The maximum absolute atomic E-state index is 13.3. The quantitative estimate of drug-likeness (QED) is 0.612. The average molecular weight is 264 g/mol. The van der Waals surface area contributed by atoms with E-state index in [4.69, 9.17) is 23.2 Å². The molecule has 0 atom stereocenters. The first-order valence-electron chi connectivity index (χ1n) is 5.36. The van der Waals surface area contributed by atoms with Gasteiger partial charge in [-0.3, -0.25) is 0 Å². The van der Waals surface area contributed by atoms with Crippen molar-refractivity contribution in [2.75, 3.05) is 19.0 Å². The summed E-state index contributed by atoms with van der Waals surface area (Å²) in [5.74, 6) is 0.465. The molecule has 4 heteroatoms. The van der Waals surface area contributed by atoms with Crippen molar-refractivity contribution in [3.8, 4) is 0 Å². The smallest absolute Gasteiger partial charge is 0.126 e. The molecule has 0 aromatic heterocycles. The molecule has 16 heavy (non-hydrogen) atoms. The van der Waals surface area contributed by atoms with Crippen molar-refractivity contribution in [2.45, 2.75) is 19.8 Å². The highest BCUT2D eigenvalue weighted by atomic mass is 35.5. The van der Waals surface area contributed by atoms with Crippen LogP contribution in [0.15, 0.2) is 12.1 Å². The molecule has 0 unspecified atom stereocenters. The molecule has 90 valence electrons. The third-order valence-corrected chi connectivity index (χ3v) is 3.01. The van der Waals surface area contributed by atoms with Gasteiger partial charge in [0.05, 0.1) is 0 Å². The molecule has 1 nitrogen and oxygen atoms in total. The Balaban J connectivity index is 2.45.